The molecule has 0 saturated heterocycles. The van der Waals surface area contributed by atoms with Crippen molar-refractivity contribution in [2.45, 2.75) is 38.8 Å². The Morgan fingerprint density at radius 1 is 1.42 bits per heavy atom. The maximum Gasteiger partial charge on any atom is 0.319 e. The van der Waals surface area contributed by atoms with Crippen LogP contribution in [-0.4, -0.2) is 23.0 Å². The first kappa shape index (κ1) is 16.8. The molecule has 2 heterocycles. The highest BCUT2D eigenvalue weighted by Crippen LogP contribution is 2.42. The van der Waals surface area contributed by atoms with Crippen LogP contribution in [0.5, 0.6) is 5.75 Å². The van der Waals surface area contributed by atoms with Crippen molar-refractivity contribution in [2.24, 2.45) is 5.92 Å². The fraction of sp³-hybridized carbons (Fsp3) is 0.389. The number of aryl methyl sites for hydroxylation is 1. The highest BCUT2D eigenvalue weighted by Gasteiger charge is 2.35. The molecule has 1 aliphatic carbocycles. The summed E-state index contributed by atoms with van der Waals surface area (Å²) in [4.78, 5) is 28.7. The molecular formula is C18H20N4O3S. The van der Waals surface area contributed by atoms with Gasteiger partial charge < -0.3 is 20.7 Å². The number of hydrogen-bond donors (Lipinski definition) is 3. The van der Waals surface area contributed by atoms with E-state index in [-0.39, 0.29) is 18.0 Å². The van der Waals surface area contributed by atoms with Crippen molar-refractivity contribution in [3.05, 3.63) is 34.3 Å². The van der Waals surface area contributed by atoms with Gasteiger partial charge >= 0.3 is 6.03 Å². The zero-order valence-electron chi connectivity index (χ0n) is 14.5. The Morgan fingerprint density at radius 3 is 2.92 bits per heavy atom. The summed E-state index contributed by atoms with van der Waals surface area (Å²) >= 11 is 1.58. The number of amides is 3. The summed E-state index contributed by atoms with van der Waals surface area (Å²) in [5.41, 5.74) is 2.11. The number of carbonyl (C=O) groups is 2. The van der Waals surface area contributed by atoms with E-state index in [0.717, 1.165) is 23.5 Å². The first-order valence-electron chi connectivity index (χ1n) is 8.61. The summed E-state index contributed by atoms with van der Waals surface area (Å²) < 4.78 is 5.52. The number of hydrogen-bond acceptors (Lipinski definition) is 5. The van der Waals surface area contributed by atoms with Gasteiger partial charge in [0.2, 0.25) is 0 Å². The average molecular weight is 372 g/mol. The molecule has 8 heteroatoms. The lowest BCUT2D eigenvalue weighted by molar-refractivity contribution is -0.122. The van der Waals surface area contributed by atoms with Crippen LogP contribution in [0.2, 0.25) is 0 Å². The van der Waals surface area contributed by atoms with Crippen LogP contribution in [0.15, 0.2) is 23.6 Å². The fourth-order valence-electron chi connectivity index (χ4n) is 2.92. The van der Waals surface area contributed by atoms with Crippen LogP contribution in [0, 0.1) is 12.8 Å². The Kier molecular flexibility index (Phi) is 4.28. The number of ether oxygens (including phenoxy) is 1. The second-order valence-electron chi connectivity index (χ2n) is 6.70. The Labute approximate surface area is 155 Å². The van der Waals surface area contributed by atoms with Gasteiger partial charge in [-0.25, -0.2) is 9.78 Å². The van der Waals surface area contributed by atoms with Crippen LogP contribution >= 0.6 is 11.3 Å². The maximum atomic E-state index is 12.5. The maximum absolute atomic E-state index is 12.5. The minimum atomic E-state index is -0.523. The van der Waals surface area contributed by atoms with Gasteiger partial charge in [-0.05, 0) is 50.8 Å². The summed E-state index contributed by atoms with van der Waals surface area (Å²) in [6.45, 7) is 3.64. The smallest absolute Gasteiger partial charge is 0.319 e. The van der Waals surface area contributed by atoms with E-state index in [2.05, 4.69) is 20.9 Å². The van der Waals surface area contributed by atoms with Crippen molar-refractivity contribution in [2.75, 3.05) is 10.6 Å². The zero-order valence-corrected chi connectivity index (χ0v) is 15.4. The van der Waals surface area contributed by atoms with Crippen LogP contribution in [-0.2, 0) is 4.79 Å². The normalized spacial score (nSPS) is 19.8. The molecule has 1 aliphatic heterocycles. The lowest BCUT2D eigenvalue weighted by atomic mass is 10.2. The molecule has 3 amide bonds. The number of anilines is 2. The van der Waals surface area contributed by atoms with Gasteiger partial charge in [-0.3, -0.25) is 4.79 Å². The minimum absolute atomic E-state index is 0.0600. The van der Waals surface area contributed by atoms with E-state index in [1.165, 1.54) is 0 Å². The molecule has 0 unspecified atom stereocenters. The highest BCUT2D eigenvalue weighted by atomic mass is 32.1. The van der Waals surface area contributed by atoms with Crippen LogP contribution in [0.4, 0.5) is 16.2 Å². The average Bonchev–Trinajstić information content (AvgIpc) is 3.35. The Morgan fingerprint density at radius 2 is 2.23 bits per heavy atom. The number of urea groups is 1. The molecule has 2 atom stereocenters. The SMILES string of the molecule is Cc1csc([C@@H](NC(=O)Nc2ccc3c(c2)NC(=O)[C@@H](C)O3)C2CC2)n1. The van der Waals surface area contributed by atoms with Crippen molar-refractivity contribution < 1.29 is 14.3 Å². The molecule has 26 heavy (non-hydrogen) atoms. The number of carbonyl (C=O) groups excluding carboxylic acids is 2. The largest absolute Gasteiger partial charge is 0.479 e. The van der Waals surface area contributed by atoms with Gasteiger partial charge in [0, 0.05) is 16.8 Å². The van der Waals surface area contributed by atoms with Crippen LogP contribution in [0.25, 0.3) is 0 Å². The third kappa shape index (κ3) is 3.50. The topological polar surface area (TPSA) is 92.4 Å². The van der Waals surface area contributed by atoms with Gasteiger partial charge in [-0.1, -0.05) is 0 Å². The Balaban J connectivity index is 1.44. The molecule has 1 fully saturated rings. The molecule has 0 spiro atoms. The number of nitrogens with zero attached hydrogens (tertiary/aromatic N) is 1. The van der Waals surface area contributed by atoms with Crippen molar-refractivity contribution in [3.8, 4) is 5.75 Å². The summed E-state index contributed by atoms with van der Waals surface area (Å²) in [7, 11) is 0. The number of fused-ring (bicyclic) bond motifs is 1. The summed E-state index contributed by atoms with van der Waals surface area (Å²) in [5.74, 6) is 0.841. The van der Waals surface area contributed by atoms with Crippen molar-refractivity contribution >= 4 is 34.6 Å². The van der Waals surface area contributed by atoms with Gasteiger partial charge in [-0.15, -0.1) is 11.3 Å². The fourth-order valence-corrected chi connectivity index (χ4v) is 3.86. The van der Waals surface area contributed by atoms with Crippen molar-refractivity contribution in [1.29, 1.82) is 0 Å². The predicted molar refractivity (Wildman–Crippen MR) is 99.6 cm³/mol. The van der Waals surface area contributed by atoms with Crippen LogP contribution in [0.1, 0.15) is 36.5 Å². The number of nitrogens with one attached hydrogen (secondary N) is 3. The summed E-state index contributed by atoms with van der Waals surface area (Å²) in [6.07, 6.45) is 1.68. The zero-order chi connectivity index (χ0) is 18.3. The lowest BCUT2D eigenvalue weighted by Crippen LogP contribution is -2.35. The second kappa shape index (κ2) is 6.60. The van der Waals surface area contributed by atoms with E-state index in [4.69, 9.17) is 4.74 Å². The minimum Gasteiger partial charge on any atom is -0.479 e. The van der Waals surface area contributed by atoms with E-state index >= 15 is 0 Å². The van der Waals surface area contributed by atoms with Crippen molar-refractivity contribution in [1.82, 2.24) is 10.3 Å². The van der Waals surface area contributed by atoms with Gasteiger partial charge in [0.05, 0.1) is 11.7 Å². The molecule has 4 rings (SSSR count). The number of thiazole rings is 1. The predicted octanol–water partition coefficient (Wildman–Crippen LogP) is 3.44. The molecule has 2 aliphatic rings. The lowest BCUT2D eigenvalue weighted by Gasteiger charge is -2.24. The molecular weight excluding hydrogens is 352 g/mol. The van der Waals surface area contributed by atoms with Crippen molar-refractivity contribution in [3.63, 3.8) is 0 Å². The molecule has 0 radical (unpaired) electrons. The van der Waals surface area contributed by atoms with E-state index in [0.29, 0.717) is 23.0 Å². The van der Waals surface area contributed by atoms with E-state index in [1.54, 1.807) is 36.5 Å². The number of benzene rings is 1. The molecule has 3 N–H and O–H groups in total. The third-order valence-electron chi connectivity index (χ3n) is 4.45. The molecule has 1 aromatic carbocycles. The first-order chi connectivity index (χ1) is 12.5. The first-order valence-corrected chi connectivity index (χ1v) is 9.48. The molecule has 1 saturated carbocycles. The quantitative estimate of drug-likeness (QED) is 0.766. The van der Waals surface area contributed by atoms with Gasteiger partial charge in [-0.2, -0.15) is 0 Å². The number of aromatic nitrogens is 1. The van der Waals surface area contributed by atoms with Crippen LogP contribution in [0.3, 0.4) is 0 Å². The second-order valence-corrected chi connectivity index (χ2v) is 7.59. The molecule has 0 bridgehead atoms. The van der Waals surface area contributed by atoms with Gasteiger partial charge in [0.15, 0.2) is 6.10 Å². The van der Waals surface area contributed by atoms with Gasteiger partial charge in [0.1, 0.15) is 10.8 Å². The summed E-state index contributed by atoms with van der Waals surface area (Å²) in [5, 5.41) is 11.6. The van der Waals surface area contributed by atoms with Crippen LogP contribution < -0.4 is 20.7 Å². The number of rotatable bonds is 4. The van der Waals surface area contributed by atoms with Gasteiger partial charge in [0.25, 0.3) is 5.91 Å². The molecule has 2 aromatic rings. The Bertz CT molecular complexity index is 862. The van der Waals surface area contributed by atoms with E-state index in [9.17, 15) is 9.59 Å². The molecule has 1 aromatic heterocycles. The third-order valence-corrected chi connectivity index (χ3v) is 5.50. The molecule has 7 nitrogen and oxygen atoms in total. The monoisotopic (exact) mass is 372 g/mol. The summed E-state index contributed by atoms with van der Waals surface area (Å²) in [6, 6.07) is 4.84. The molecule has 136 valence electrons. The van der Waals surface area contributed by atoms with E-state index < -0.39 is 6.10 Å². The van der Waals surface area contributed by atoms with E-state index in [1.807, 2.05) is 12.3 Å². The highest BCUT2D eigenvalue weighted by molar-refractivity contribution is 7.09. The standard InChI is InChI=1S/C18H20N4O3S/c1-9-8-26-17(19-9)15(11-3-4-11)22-18(24)20-12-5-6-14-13(7-12)21-16(23)10(2)25-14/h5-8,10-11,15H,3-4H2,1-2H3,(H,21,23)(H2,20,22,24)/t10-,15+/m1/s1. The Hall–Kier alpha value is -2.61.